The highest BCUT2D eigenvalue weighted by Gasteiger charge is 2.24. The number of carbonyl (C=O) groups is 1. The molecular formula is C12H19ClN4O3. The van der Waals surface area contributed by atoms with Crippen molar-refractivity contribution in [2.45, 2.75) is 27.2 Å². The van der Waals surface area contributed by atoms with Gasteiger partial charge in [-0.3, -0.25) is 4.79 Å². The lowest BCUT2D eigenvalue weighted by Gasteiger charge is -2.23. The van der Waals surface area contributed by atoms with Crippen LogP contribution < -0.4 is 10.1 Å². The number of hydrogen-bond acceptors (Lipinski definition) is 6. The van der Waals surface area contributed by atoms with E-state index in [0.29, 0.717) is 6.42 Å². The number of aliphatic carboxylic acids is 1. The minimum Gasteiger partial charge on any atom is -0.481 e. The first-order valence-corrected chi connectivity index (χ1v) is 6.51. The number of hydrogen-bond donors (Lipinski definition) is 2. The highest BCUT2D eigenvalue weighted by atomic mass is 35.5. The van der Waals surface area contributed by atoms with Gasteiger partial charge in [0.1, 0.15) is 0 Å². The number of anilines is 1. The molecule has 0 bridgehead atoms. The zero-order chi connectivity index (χ0) is 15.3. The van der Waals surface area contributed by atoms with Crippen molar-refractivity contribution in [2.75, 3.05) is 19.0 Å². The molecule has 0 spiro atoms. The molecule has 112 valence electrons. The third-order valence-electron chi connectivity index (χ3n) is 2.48. The molecule has 0 amide bonds. The second kappa shape index (κ2) is 6.69. The average molecular weight is 303 g/mol. The summed E-state index contributed by atoms with van der Waals surface area (Å²) in [6.45, 7) is 6.18. The molecule has 0 saturated carbocycles. The Balaban J connectivity index is 2.72. The van der Waals surface area contributed by atoms with Crippen molar-refractivity contribution in [3.8, 4) is 6.01 Å². The summed E-state index contributed by atoms with van der Waals surface area (Å²) in [5.41, 5.74) is -0.0842. The predicted molar refractivity (Wildman–Crippen MR) is 75.1 cm³/mol. The Labute approximate surface area is 122 Å². The van der Waals surface area contributed by atoms with Crippen LogP contribution in [0.5, 0.6) is 6.01 Å². The van der Waals surface area contributed by atoms with Gasteiger partial charge in [-0.2, -0.15) is 15.0 Å². The van der Waals surface area contributed by atoms with Gasteiger partial charge < -0.3 is 15.2 Å². The van der Waals surface area contributed by atoms with Crippen LogP contribution in [0.15, 0.2) is 0 Å². The SMILES string of the molecule is COc1nc(Cl)nc(NCC(CC(C)(C)C)C(=O)O)n1. The molecule has 1 heterocycles. The van der Waals surface area contributed by atoms with Crippen LogP contribution in [0.4, 0.5) is 5.95 Å². The fourth-order valence-electron chi connectivity index (χ4n) is 1.70. The third-order valence-corrected chi connectivity index (χ3v) is 2.65. The van der Waals surface area contributed by atoms with Crippen molar-refractivity contribution in [2.24, 2.45) is 11.3 Å². The van der Waals surface area contributed by atoms with E-state index in [1.54, 1.807) is 0 Å². The monoisotopic (exact) mass is 302 g/mol. The summed E-state index contributed by atoms with van der Waals surface area (Å²) in [5, 5.41) is 12.1. The number of nitrogens with zero attached hydrogens (tertiary/aromatic N) is 3. The molecule has 0 aliphatic heterocycles. The maximum Gasteiger partial charge on any atom is 0.322 e. The summed E-state index contributed by atoms with van der Waals surface area (Å²) in [6.07, 6.45) is 0.533. The van der Waals surface area contributed by atoms with Gasteiger partial charge in [0.05, 0.1) is 13.0 Å². The van der Waals surface area contributed by atoms with Crippen molar-refractivity contribution in [3.63, 3.8) is 0 Å². The van der Waals surface area contributed by atoms with E-state index in [-0.39, 0.29) is 29.2 Å². The molecule has 0 aliphatic carbocycles. The molecule has 1 rings (SSSR count). The van der Waals surface area contributed by atoms with Gasteiger partial charge in [-0.05, 0) is 23.4 Å². The number of ether oxygens (including phenoxy) is 1. The topological polar surface area (TPSA) is 97.2 Å². The van der Waals surface area contributed by atoms with E-state index in [1.165, 1.54) is 7.11 Å². The molecule has 7 nitrogen and oxygen atoms in total. The fraction of sp³-hybridized carbons (Fsp3) is 0.667. The maximum atomic E-state index is 11.2. The number of methoxy groups -OCH3 is 1. The first-order chi connectivity index (χ1) is 9.21. The summed E-state index contributed by atoms with van der Waals surface area (Å²) >= 11 is 5.71. The first-order valence-electron chi connectivity index (χ1n) is 6.13. The molecule has 0 saturated heterocycles. The van der Waals surface area contributed by atoms with E-state index in [0.717, 1.165) is 0 Å². The first kappa shape index (κ1) is 16.4. The van der Waals surface area contributed by atoms with Gasteiger partial charge in [-0.15, -0.1) is 0 Å². The zero-order valence-electron chi connectivity index (χ0n) is 12.0. The Kier molecular flexibility index (Phi) is 5.50. The van der Waals surface area contributed by atoms with Crippen molar-refractivity contribution in [1.29, 1.82) is 0 Å². The Hall–Kier alpha value is -1.63. The summed E-state index contributed by atoms with van der Waals surface area (Å²) in [7, 11) is 1.41. The van der Waals surface area contributed by atoms with Crippen LogP contribution in [0.2, 0.25) is 5.28 Å². The van der Waals surface area contributed by atoms with Crippen molar-refractivity contribution >= 4 is 23.5 Å². The Morgan fingerprint density at radius 1 is 1.40 bits per heavy atom. The van der Waals surface area contributed by atoms with Gasteiger partial charge in [0.15, 0.2) is 0 Å². The summed E-state index contributed by atoms with van der Waals surface area (Å²) < 4.78 is 4.87. The zero-order valence-corrected chi connectivity index (χ0v) is 12.7. The van der Waals surface area contributed by atoms with Gasteiger partial charge in [0, 0.05) is 6.54 Å². The van der Waals surface area contributed by atoms with E-state index in [9.17, 15) is 9.90 Å². The quantitative estimate of drug-likeness (QED) is 0.830. The Bertz CT molecular complexity index is 476. The molecule has 0 radical (unpaired) electrons. The normalized spacial score (nSPS) is 12.8. The lowest BCUT2D eigenvalue weighted by molar-refractivity contribution is -0.142. The number of aromatic nitrogens is 3. The van der Waals surface area contributed by atoms with Crippen LogP contribution in [-0.2, 0) is 4.79 Å². The smallest absolute Gasteiger partial charge is 0.322 e. The summed E-state index contributed by atoms with van der Waals surface area (Å²) in [4.78, 5) is 22.8. The average Bonchev–Trinajstić information content (AvgIpc) is 2.32. The van der Waals surface area contributed by atoms with Gasteiger partial charge in [0.2, 0.25) is 11.2 Å². The Morgan fingerprint density at radius 3 is 2.55 bits per heavy atom. The van der Waals surface area contributed by atoms with Crippen molar-refractivity contribution in [3.05, 3.63) is 5.28 Å². The highest BCUT2D eigenvalue weighted by molar-refractivity contribution is 6.28. The minimum absolute atomic E-state index is 0.0120. The summed E-state index contributed by atoms with van der Waals surface area (Å²) in [5.74, 6) is -1.21. The van der Waals surface area contributed by atoms with Gasteiger partial charge in [-0.25, -0.2) is 0 Å². The van der Waals surface area contributed by atoms with Crippen LogP contribution >= 0.6 is 11.6 Å². The highest BCUT2D eigenvalue weighted by Crippen LogP contribution is 2.25. The van der Waals surface area contributed by atoms with Crippen molar-refractivity contribution in [1.82, 2.24) is 15.0 Å². The van der Waals surface area contributed by atoms with E-state index in [1.807, 2.05) is 20.8 Å². The largest absolute Gasteiger partial charge is 0.481 e. The lowest BCUT2D eigenvalue weighted by Crippen LogP contribution is -2.28. The number of nitrogens with one attached hydrogen (secondary N) is 1. The standard InChI is InChI=1S/C12H19ClN4O3/c1-12(2,3)5-7(8(18)19)6-14-10-15-9(13)16-11(17-10)20-4/h7H,5-6H2,1-4H3,(H,18,19)(H,14,15,16,17). The van der Waals surface area contributed by atoms with E-state index in [2.05, 4.69) is 20.3 Å². The van der Waals surface area contributed by atoms with Crippen LogP contribution in [0.3, 0.4) is 0 Å². The Morgan fingerprint density at radius 2 is 2.05 bits per heavy atom. The molecule has 20 heavy (non-hydrogen) atoms. The number of rotatable bonds is 6. The molecule has 2 N–H and O–H groups in total. The van der Waals surface area contributed by atoms with Gasteiger partial charge in [0.25, 0.3) is 0 Å². The fourth-order valence-corrected chi connectivity index (χ4v) is 1.86. The third kappa shape index (κ3) is 5.56. The second-order valence-corrected chi connectivity index (χ2v) is 5.93. The number of carboxylic acids is 1. The molecule has 8 heteroatoms. The van der Waals surface area contributed by atoms with Crippen molar-refractivity contribution < 1.29 is 14.6 Å². The molecule has 0 fully saturated rings. The van der Waals surface area contributed by atoms with E-state index < -0.39 is 11.9 Å². The maximum absolute atomic E-state index is 11.2. The lowest BCUT2D eigenvalue weighted by atomic mass is 9.84. The molecule has 0 aliphatic rings. The number of halogens is 1. The van der Waals surface area contributed by atoms with Crippen LogP contribution in [0.25, 0.3) is 0 Å². The second-order valence-electron chi connectivity index (χ2n) is 5.60. The van der Waals surface area contributed by atoms with Crippen LogP contribution in [-0.4, -0.2) is 39.7 Å². The van der Waals surface area contributed by atoms with Crippen LogP contribution in [0, 0.1) is 11.3 Å². The minimum atomic E-state index is -0.862. The molecular weight excluding hydrogens is 284 g/mol. The van der Waals surface area contributed by atoms with Gasteiger partial charge >= 0.3 is 12.0 Å². The molecule has 1 atom stereocenters. The predicted octanol–water partition coefficient (Wildman–Crippen LogP) is 2.08. The van der Waals surface area contributed by atoms with E-state index in [4.69, 9.17) is 16.3 Å². The summed E-state index contributed by atoms with van der Waals surface area (Å²) in [6, 6.07) is 0.0789. The van der Waals surface area contributed by atoms with E-state index >= 15 is 0 Å². The van der Waals surface area contributed by atoms with Gasteiger partial charge in [-0.1, -0.05) is 20.8 Å². The molecule has 0 aromatic carbocycles. The molecule has 1 unspecified atom stereocenters. The number of carboxylic acid groups (broad SMARTS) is 1. The van der Waals surface area contributed by atoms with Crippen LogP contribution in [0.1, 0.15) is 27.2 Å². The molecule has 1 aromatic rings. The molecule has 1 aromatic heterocycles.